The van der Waals surface area contributed by atoms with Crippen molar-refractivity contribution in [3.05, 3.63) is 34.5 Å². The lowest BCUT2D eigenvalue weighted by Crippen LogP contribution is -2.22. The first-order valence-electron chi connectivity index (χ1n) is 5.67. The molecule has 1 N–H and O–H groups in total. The van der Waals surface area contributed by atoms with Gasteiger partial charge in [0.25, 0.3) is 0 Å². The molecule has 4 nitrogen and oxygen atoms in total. The topological polar surface area (TPSA) is 42.7 Å². The van der Waals surface area contributed by atoms with E-state index in [2.05, 4.69) is 47.7 Å². The highest BCUT2D eigenvalue weighted by Gasteiger charge is 2.13. The normalized spacial score (nSPS) is 11.9. The second-order valence-electron chi connectivity index (χ2n) is 5.05. The van der Waals surface area contributed by atoms with E-state index in [1.54, 1.807) is 11.3 Å². The maximum Gasteiger partial charge on any atom is 0.0795 e. The van der Waals surface area contributed by atoms with Gasteiger partial charge in [0.05, 0.1) is 22.9 Å². The summed E-state index contributed by atoms with van der Waals surface area (Å²) in [5.74, 6) is 0. The first-order chi connectivity index (χ1) is 8.05. The van der Waals surface area contributed by atoms with Gasteiger partial charge in [0.2, 0.25) is 0 Å². The molecule has 0 spiro atoms. The lowest BCUT2D eigenvalue weighted by atomic mass is 10.1. The molecular formula is C12H18N4S. The molecule has 0 saturated carbocycles. The lowest BCUT2D eigenvalue weighted by molar-refractivity contribution is 0.355. The van der Waals surface area contributed by atoms with Gasteiger partial charge in [-0.25, -0.2) is 4.98 Å². The average Bonchev–Trinajstić information content (AvgIpc) is 2.86. The summed E-state index contributed by atoms with van der Waals surface area (Å²) in [6, 6.07) is 0. The molecule has 0 aliphatic rings. The maximum absolute atomic E-state index is 4.37. The lowest BCUT2D eigenvalue weighted by Gasteiger charge is -2.18. The van der Waals surface area contributed by atoms with Crippen molar-refractivity contribution >= 4 is 11.3 Å². The summed E-state index contributed by atoms with van der Waals surface area (Å²) in [7, 11) is 0. The Bertz CT molecular complexity index is 453. The molecule has 0 bridgehead atoms. The molecule has 0 fully saturated rings. The fourth-order valence-corrected chi connectivity index (χ4v) is 2.04. The number of hydrogen-bond donors (Lipinski definition) is 1. The third-order valence-electron chi connectivity index (χ3n) is 2.44. The monoisotopic (exact) mass is 250 g/mol. The minimum atomic E-state index is 0.0488. The van der Waals surface area contributed by atoms with Gasteiger partial charge in [-0.3, -0.25) is 4.68 Å². The second-order valence-corrected chi connectivity index (χ2v) is 5.77. The van der Waals surface area contributed by atoms with Gasteiger partial charge >= 0.3 is 0 Å². The second kappa shape index (κ2) is 4.98. The van der Waals surface area contributed by atoms with Gasteiger partial charge in [-0.15, -0.1) is 11.3 Å². The van der Waals surface area contributed by atoms with Gasteiger partial charge in [-0.2, -0.15) is 5.10 Å². The van der Waals surface area contributed by atoms with Crippen molar-refractivity contribution in [2.24, 2.45) is 0 Å². The molecule has 0 saturated heterocycles. The van der Waals surface area contributed by atoms with Crippen molar-refractivity contribution in [2.45, 2.75) is 39.4 Å². The zero-order valence-corrected chi connectivity index (χ0v) is 11.3. The highest BCUT2D eigenvalue weighted by molar-refractivity contribution is 7.07. The van der Waals surface area contributed by atoms with Gasteiger partial charge in [-0.1, -0.05) is 0 Å². The Morgan fingerprint density at radius 3 is 2.76 bits per heavy atom. The molecule has 5 heteroatoms. The number of thiazole rings is 1. The SMILES string of the molecule is CC(C)(C)n1cc(CNCc2cscn2)cn1. The summed E-state index contributed by atoms with van der Waals surface area (Å²) < 4.78 is 1.99. The van der Waals surface area contributed by atoms with Crippen molar-refractivity contribution in [1.82, 2.24) is 20.1 Å². The highest BCUT2D eigenvalue weighted by Crippen LogP contribution is 2.13. The Labute approximate surface area is 106 Å². The standard InChI is InChI=1S/C12H18N4S/c1-12(2,3)16-7-10(5-15-16)4-13-6-11-8-17-9-14-11/h5,7-9,13H,4,6H2,1-3H3. The molecule has 0 aliphatic heterocycles. The minimum absolute atomic E-state index is 0.0488. The predicted octanol–water partition coefficient (Wildman–Crippen LogP) is 2.38. The van der Waals surface area contributed by atoms with Crippen molar-refractivity contribution < 1.29 is 0 Å². The Morgan fingerprint density at radius 2 is 2.18 bits per heavy atom. The fourth-order valence-electron chi connectivity index (χ4n) is 1.48. The Balaban J connectivity index is 1.85. The number of nitrogens with one attached hydrogen (secondary N) is 1. The van der Waals surface area contributed by atoms with Crippen LogP contribution in [0.15, 0.2) is 23.3 Å². The molecule has 92 valence electrons. The number of aromatic nitrogens is 3. The Kier molecular flexibility index (Phi) is 3.59. The van der Waals surface area contributed by atoms with E-state index in [4.69, 9.17) is 0 Å². The largest absolute Gasteiger partial charge is 0.307 e. The summed E-state index contributed by atoms with van der Waals surface area (Å²) in [4.78, 5) is 4.23. The van der Waals surface area contributed by atoms with E-state index in [-0.39, 0.29) is 5.54 Å². The van der Waals surface area contributed by atoms with E-state index in [0.717, 1.165) is 18.8 Å². The predicted molar refractivity (Wildman–Crippen MR) is 69.9 cm³/mol. The van der Waals surface area contributed by atoms with Crippen molar-refractivity contribution in [3.8, 4) is 0 Å². The van der Waals surface area contributed by atoms with Crippen LogP contribution in [0.2, 0.25) is 0 Å². The first kappa shape index (κ1) is 12.3. The molecule has 0 unspecified atom stereocenters. The van der Waals surface area contributed by atoms with Crippen molar-refractivity contribution in [1.29, 1.82) is 0 Å². The van der Waals surface area contributed by atoms with Gasteiger partial charge < -0.3 is 5.32 Å². The summed E-state index contributed by atoms with van der Waals surface area (Å²) in [5, 5.41) is 9.79. The third-order valence-corrected chi connectivity index (χ3v) is 3.08. The van der Waals surface area contributed by atoms with E-state index < -0.39 is 0 Å². The fraction of sp³-hybridized carbons (Fsp3) is 0.500. The number of nitrogens with zero attached hydrogens (tertiary/aromatic N) is 3. The van der Waals surface area contributed by atoms with Crippen LogP contribution in [0.1, 0.15) is 32.0 Å². The van der Waals surface area contributed by atoms with Crippen LogP contribution in [0.5, 0.6) is 0 Å². The minimum Gasteiger partial charge on any atom is -0.307 e. The van der Waals surface area contributed by atoms with E-state index in [1.165, 1.54) is 5.56 Å². The molecule has 0 aromatic carbocycles. The van der Waals surface area contributed by atoms with Gasteiger partial charge in [0, 0.05) is 30.2 Å². The van der Waals surface area contributed by atoms with Crippen molar-refractivity contribution in [2.75, 3.05) is 0 Å². The average molecular weight is 250 g/mol. The van der Waals surface area contributed by atoms with Crippen molar-refractivity contribution in [3.63, 3.8) is 0 Å². The van der Waals surface area contributed by atoms with Crippen LogP contribution in [-0.2, 0) is 18.6 Å². The smallest absolute Gasteiger partial charge is 0.0795 e. The van der Waals surface area contributed by atoms with Crippen LogP contribution in [0.3, 0.4) is 0 Å². The molecule has 0 amide bonds. The third kappa shape index (κ3) is 3.38. The number of hydrogen-bond acceptors (Lipinski definition) is 4. The van der Waals surface area contributed by atoms with E-state index in [0.29, 0.717) is 0 Å². The quantitative estimate of drug-likeness (QED) is 0.906. The van der Waals surface area contributed by atoms with Gasteiger partial charge in [0.1, 0.15) is 0 Å². The highest BCUT2D eigenvalue weighted by atomic mass is 32.1. The van der Waals surface area contributed by atoms with Crippen LogP contribution >= 0.6 is 11.3 Å². The first-order valence-corrected chi connectivity index (χ1v) is 6.62. The van der Waals surface area contributed by atoms with Crippen LogP contribution in [-0.4, -0.2) is 14.8 Å². The molecule has 0 atom stereocenters. The summed E-state index contributed by atoms with van der Waals surface area (Å²) in [6.07, 6.45) is 4.01. The van der Waals surface area contributed by atoms with E-state index >= 15 is 0 Å². The van der Waals surface area contributed by atoms with E-state index in [1.807, 2.05) is 16.4 Å². The van der Waals surface area contributed by atoms with Crippen LogP contribution in [0.4, 0.5) is 0 Å². The molecule has 2 aromatic heterocycles. The van der Waals surface area contributed by atoms with Gasteiger partial charge in [0.15, 0.2) is 0 Å². The molecule has 0 radical (unpaired) electrons. The van der Waals surface area contributed by atoms with Crippen LogP contribution in [0.25, 0.3) is 0 Å². The Morgan fingerprint density at radius 1 is 1.35 bits per heavy atom. The maximum atomic E-state index is 4.37. The summed E-state index contributed by atoms with van der Waals surface area (Å²) >= 11 is 1.63. The zero-order valence-electron chi connectivity index (χ0n) is 10.5. The summed E-state index contributed by atoms with van der Waals surface area (Å²) in [6.45, 7) is 8.07. The van der Waals surface area contributed by atoms with Crippen LogP contribution in [0, 0.1) is 0 Å². The molecule has 2 rings (SSSR count). The molecule has 0 aliphatic carbocycles. The van der Waals surface area contributed by atoms with Gasteiger partial charge in [-0.05, 0) is 20.8 Å². The molecular weight excluding hydrogens is 232 g/mol. The van der Waals surface area contributed by atoms with E-state index in [9.17, 15) is 0 Å². The Hall–Kier alpha value is -1.20. The zero-order chi connectivity index (χ0) is 12.3. The summed E-state index contributed by atoms with van der Waals surface area (Å²) in [5.41, 5.74) is 4.20. The molecule has 17 heavy (non-hydrogen) atoms. The molecule has 2 heterocycles. The number of rotatable bonds is 4. The van der Waals surface area contributed by atoms with Crippen LogP contribution < -0.4 is 5.32 Å². The molecule has 2 aromatic rings.